The average molecular weight is 527 g/mol. The summed E-state index contributed by atoms with van der Waals surface area (Å²) in [6, 6.07) is 7.23. The summed E-state index contributed by atoms with van der Waals surface area (Å²) in [4.78, 5) is 19.5. The maximum absolute atomic E-state index is 14.7. The minimum atomic E-state index is -0.425. The number of piperidine rings is 1. The fraction of sp³-hybridized carbons (Fsp3) is 0.571. The molecule has 2 atom stereocenters. The number of aromatic amines is 1. The Hall–Kier alpha value is -3.43. The zero-order valence-corrected chi connectivity index (χ0v) is 22.4. The lowest BCUT2D eigenvalue weighted by Gasteiger charge is -2.27. The molecular weight excluding hydrogens is 489 g/mol. The van der Waals surface area contributed by atoms with Gasteiger partial charge in [-0.15, -0.1) is 0 Å². The van der Waals surface area contributed by atoms with Crippen LogP contribution >= 0.6 is 0 Å². The van der Waals surface area contributed by atoms with Gasteiger partial charge in [0, 0.05) is 25.1 Å². The third-order valence-corrected chi connectivity index (χ3v) is 7.86. The minimum absolute atomic E-state index is 0.0175. The van der Waals surface area contributed by atoms with Gasteiger partial charge in [-0.2, -0.15) is 0 Å². The van der Waals surface area contributed by atoms with Crippen molar-refractivity contribution in [2.24, 2.45) is 17.8 Å². The molecule has 9 nitrogen and oxygen atoms in total. The molecule has 0 radical (unpaired) electrons. The summed E-state index contributed by atoms with van der Waals surface area (Å²) in [5.74, 6) is 3.27. The molecule has 5 rings (SSSR count). The molecule has 1 N–H and O–H groups in total. The number of nitrogens with zero attached hydrogens (tertiary/aromatic N) is 4. The van der Waals surface area contributed by atoms with Crippen LogP contribution in [-0.2, 0) is 17.8 Å². The van der Waals surface area contributed by atoms with Crippen molar-refractivity contribution in [2.45, 2.75) is 58.4 Å². The van der Waals surface area contributed by atoms with Crippen LogP contribution in [0.5, 0.6) is 5.75 Å². The van der Waals surface area contributed by atoms with Crippen molar-refractivity contribution in [1.29, 1.82) is 0 Å². The van der Waals surface area contributed by atoms with Crippen molar-refractivity contribution < 1.29 is 28.0 Å². The molecule has 0 bridgehead atoms. The Bertz CT molecular complexity index is 1210. The molecule has 1 aliphatic carbocycles. The summed E-state index contributed by atoms with van der Waals surface area (Å²) < 4.78 is 30.8. The number of carbonyl (C=O) groups is 1. The van der Waals surface area contributed by atoms with Gasteiger partial charge in [-0.3, -0.25) is 9.69 Å². The van der Waals surface area contributed by atoms with Gasteiger partial charge in [0.25, 0.3) is 5.82 Å². The van der Waals surface area contributed by atoms with E-state index < -0.39 is 5.82 Å². The van der Waals surface area contributed by atoms with Gasteiger partial charge >= 0.3 is 6.01 Å². The zero-order chi connectivity index (χ0) is 26.6. The first-order chi connectivity index (χ1) is 18.4. The molecule has 10 heteroatoms. The second-order valence-corrected chi connectivity index (χ2v) is 10.9. The summed E-state index contributed by atoms with van der Waals surface area (Å²) in [6.07, 6.45) is 5.99. The number of amides is 1. The van der Waals surface area contributed by atoms with Gasteiger partial charge in [0.2, 0.25) is 5.91 Å². The van der Waals surface area contributed by atoms with Crippen molar-refractivity contribution in [3.05, 3.63) is 53.4 Å². The number of hydrogen-bond acceptors (Lipinski definition) is 7. The Labute approximate surface area is 222 Å². The van der Waals surface area contributed by atoms with Gasteiger partial charge in [-0.1, -0.05) is 25.1 Å². The number of hydrogen-bond donors (Lipinski definition) is 0. The number of benzene rings is 1. The van der Waals surface area contributed by atoms with E-state index in [1.54, 1.807) is 25.2 Å². The molecule has 204 valence electrons. The van der Waals surface area contributed by atoms with Gasteiger partial charge in [0.15, 0.2) is 0 Å². The molecule has 1 aliphatic heterocycles. The monoisotopic (exact) mass is 526 g/mol. The van der Waals surface area contributed by atoms with Crippen LogP contribution in [0.15, 0.2) is 39.6 Å². The van der Waals surface area contributed by atoms with Crippen LogP contribution in [0.2, 0.25) is 0 Å². The standard InChI is InChI=1S/C28H36FN5O4/c1-18(2)27-30-28(38-32-27)34-10-6-19(7-11-34)24-14-20(24)8-12-36-23-5-4-21(25(29)16-23)15-26(35)33(3)17-22-9-13-37-31-22/h4-5,9,13,16,18-20,24H,6-8,10-12,14-15,17H2,1-3H3/p+1/t20-,24-/m1/s1. The Morgan fingerprint density at radius 2 is 2.08 bits per heavy atom. The van der Waals surface area contributed by atoms with Crippen LogP contribution in [0.3, 0.4) is 0 Å². The first-order valence-electron chi connectivity index (χ1n) is 13.6. The molecule has 38 heavy (non-hydrogen) atoms. The van der Waals surface area contributed by atoms with Crippen LogP contribution in [0.4, 0.5) is 10.4 Å². The number of carbonyl (C=O) groups excluding carboxylic acids is 1. The molecule has 2 aliphatic rings. The normalized spacial score (nSPS) is 19.7. The van der Waals surface area contributed by atoms with E-state index in [4.69, 9.17) is 13.8 Å². The van der Waals surface area contributed by atoms with E-state index >= 15 is 0 Å². The number of ether oxygens (including phenoxy) is 1. The zero-order valence-electron chi connectivity index (χ0n) is 22.4. The molecule has 2 fully saturated rings. The Morgan fingerprint density at radius 3 is 2.76 bits per heavy atom. The Balaban J connectivity index is 1.01. The molecule has 1 aromatic carbocycles. The van der Waals surface area contributed by atoms with Crippen LogP contribution in [-0.4, -0.2) is 47.9 Å². The maximum Gasteiger partial charge on any atom is 0.435 e. The van der Waals surface area contributed by atoms with E-state index in [1.807, 2.05) is 0 Å². The number of H-pyrrole nitrogens is 1. The average Bonchev–Trinajstić information content (AvgIpc) is 3.26. The lowest BCUT2D eigenvalue weighted by molar-refractivity contribution is -0.383. The van der Waals surface area contributed by atoms with Gasteiger partial charge in [0.05, 0.1) is 37.8 Å². The van der Waals surface area contributed by atoms with Gasteiger partial charge in [0.1, 0.15) is 23.5 Å². The molecule has 0 unspecified atom stereocenters. The quantitative estimate of drug-likeness (QED) is 0.368. The highest BCUT2D eigenvalue weighted by Crippen LogP contribution is 2.49. The van der Waals surface area contributed by atoms with E-state index in [0.717, 1.165) is 56.0 Å². The first kappa shape index (κ1) is 26.2. The fourth-order valence-corrected chi connectivity index (χ4v) is 5.38. The second-order valence-electron chi connectivity index (χ2n) is 10.9. The van der Waals surface area contributed by atoms with Crippen molar-refractivity contribution in [1.82, 2.24) is 15.2 Å². The number of halogens is 1. The van der Waals surface area contributed by atoms with Gasteiger partial charge in [-0.25, -0.2) is 13.9 Å². The summed E-state index contributed by atoms with van der Waals surface area (Å²) >= 11 is 0. The van der Waals surface area contributed by atoms with E-state index in [0.29, 0.717) is 42.0 Å². The van der Waals surface area contributed by atoms with E-state index in [9.17, 15) is 9.18 Å². The van der Waals surface area contributed by atoms with Crippen molar-refractivity contribution in [3.8, 4) is 5.75 Å². The van der Waals surface area contributed by atoms with Gasteiger partial charge < -0.3 is 14.2 Å². The van der Waals surface area contributed by atoms with Crippen LogP contribution in [0, 0.1) is 23.6 Å². The third kappa shape index (κ3) is 6.34. The maximum atomic E-state index is 14.7. The largest absolute Gasteiger partial charge is 0.493 e. The highest BCUT2D eigenvalue weighted by molar-refractivity contribution is 5.78. The number of anilines is 1. The predicted octanol–water partition coefficient (Wildman–Crippen LogP) is 4.26. The summed E-state index contributed by atoms with van der Waals surface area (Å²) in [6.45, 7) is 7.05. The second kappa shape index (κ2) is 11.5. The fourth-order valence-electron chi connectivity index (χ4n) is 5.38. The molecule has 2 aromatic heterocycles. The molecule has 3 heterocycles. The first-order valence-corrected chi connectivity index (χ1v) is 13.6. The van der Waals surface area contributed by atoms with E-state index in [-0.39, 0.29) is 12.3 Å². The van der Waals surface area contributed by atoms with E-state index in [1.165, 1.54) is 23.7 Å². The number of rotatable bonds is 11. The number of aromatic nitrogens is 3. The van der Waals surface area contributed by atoms with Gasteiger partial charge in [-0.05, 0) is 55.1 Å². The van der Waals surface area contributed by atoms with Crippen molar-refractivity contribution in [3.63, 3.8) is 0 Å². The molecule has 0 spiro atoms. The lowest BCUT2D eigenvalue weighted by atomic mass is 9.90. The number of nitrogens with one attached hydrogen (secondary N) is 1. The smallest absolute Gasteiger partial charge is 0.435 e. The highest BCUT2D eigenvalue weighted by Gasteiger charge is 2.44. The molecule has 3 aromatic rings. The molecule has 1 amide bonds. The van der Waals surface area contributed by atoms with E-state index in [2.05, 4.69) is 34.0 Å². The summed E-state index contributed by atoms with van der Waals surface area (Å²) in [7, 11) is 1.67. The minimum Gasteiger partial charge on any atom is -0.493 e. The Morgan fingerprint density at radius 1 is 1.26 bits per heavy atom. The summed E-state index contributed by atoms with van der Waals surface area (Å²) in [5, 5.41) is 7.94. The van der Waals surface area contributed by atoms with Crippen LogP contribution in [0.1, 0.15) is 62.5 Å². The predicted molar refractivity (Wildman–Crippen MR) is 137 cm³/mol. The van der Waals surface area contributed by atoms with Crippen molar-refractivity contribution in [2.75, 3.05) is 31.6 Å². The molecule has 1 saturated carbocycles. The Kier molecular flexibility index (Phi) is 7.95. The topological polar surface area (TPSA) is 99.0 Å². The summed E-state index contributed by atoms with van der Waals surface area (Å²) in [5.41, 5.74) is 1.00. The van der Waals surface area contributed by atoms with Crippen LogP contribution in [0.25, 0.3) is 0 Å². The molecule has 1 saturated heterocycles. The molecular formula is C28H37FN5O4+. The van der Waals surface area contributed by atoms with Crippen molar-refractivity contribution >= 4 is 11.9 Å². The lowest BCUT2D eigenvalue weighted by Crippen LogP contribution is -2.37. The number of likely N-dealkylation sites (N-methyl/N-ethyl adjacent to an activating group) is 1. The third-order valence-electron chi connectivity index (χ3n) is 7.86. The SMILES string of the molecule is CC(C)c1noc(N2CCC([C@H]3C[C@H]3CCOc3ccc(CC(=O)N(C)Cc4ccon4)c(F)c3)CC2)[nH+]1. The van der Waals surface area contributed by atoms with Crippen LogP contribution < -0.4 is 14.6 Å². The highest BCUT2D eigenvalue weighted by atomic mass is 19.1.